The zero-order valence-electron chi connectivity index (χ0n) is 12.3. The predicted octanol–water partition coefficient (Wildman–Crippen LogP) is 0.768. The Morgan fingerprint density at radius 2 is 2.23 bits per heavy atom. The van der Waals surface area contributed by atoms with E-state index in [0.717, 1.165) is 11.3 Å². The van der Waals surface area contributed by atoms with Crippen LogP contribution in [0, 0.1) is 0 Å². The zero-order valence-corrected chi connectivity index (χ0v) is 13.1. The van der Waals surface area contributed by atoms with Gasteiger partial charge in [0, 0.05) is 26.9 Å². The van der Waals surface area contributed by atoms with Crippen molar-refractivity contribution < 1.29 is 19.1 Å². The molecule has 1 aromatic rings. The van der Waals surface area contributed by atoms with E-state index < -0.39 is 5.60 Å². The lowest BCUT2D eigenvalue weighted by Crippen LogP contribution is -2.38. The molecular formula is C13H16N4O4S. The number of thiazole rings is 1. The van der Waals surface area contributed by atoms with Gasteiger partial charge >= 0.3 is 6.09 Å². The van der Waals surface area contributed by atoms with E-state index >= 15 is 0 Å². The second kappa shape index (κ2) is 5.24. The fraction of sp³-hybridized carbons (Fsp3) is 0.538. The molecule has 1 N–H and O–H groups in total. The second-order valence-corrected chi connectivity index (χ2v) is 6.63. The van der Waals surface area contributed by atoms with Crippen molar-refractivity contribution in [2.24, 2.45) is 0 Å². The number of likely N-dealkylation sites (tertiary alicyclic amines) is 1. The summed E-state index contributed by atoms with van der Waals surface area (Å²) < 4.78 is 5.42. The van der Waals surface area contributed by atoms with Crippen molar-refractivity contribution in [3.8, 4) is 0 Å². The van der Waals surface area contributed by atoms with Gasteiger partial charge in [0.2, 0.25) is 5.91 Å². The van der Waals surface area contributed by atoms with E-state index in [2.05, 4.69) is 10.3 Å². The highest BCUT2D eigenvalue weighted by molar-refractivity contribution is 7.17. The van der Waals surface area contributed by atoms with Gasteiger partial charge in [-0.05, 0) is 0 Å². The summed E-state index contributed by atoms with van der Waals surface area (Å²) in [6.45, 7) is 2.80. The van der Waals surface area contributed by atoms with Gasteiger partial charge in [-0.1, -0.05) is 11.3 Å². The quantitative estimate of drug-likeness (QED) is 0.867. The number of ether oxygens (including phenoxy) is 1. The fourth-order valence-corrected chi connectivity index (χ4v) is 3.59. The minimum absolute atomic E-state index is 0.156. The Morgan fingerprint density at radius 1 is 1.45 bits per heavy atom. The van der Waals surface area contributed by atoms with E-state index in [-0.39, 0.29) is 17.9 Å². The van der Waals surface area contributed by atoms with Gasteiger partial charge in [0.25, 0.3) is 5.91 Å². The molecule has 3 amide bonds. The molecule has 0 bridgehead atoms. The van der Waals surface area contributed by atoms with Crippen LogP contribution in [0.5, 0.6) is 0 Å². The summed E-state index contributed by atoms with van der Waals surface area (Å²) in [6.07, 6.45) is 1.74. The molecule has 8 nitrogen and oxygen atoms in total. The maximum absolute atomic E-state index is 12.5. The van der Waals surface area contributed by atoms with Gasteiger partial charge in [0.15, 0.2) is 10.7 Å². The van der Waals surface area contributed by atoms with Gasteiger partial charge in [0.05, 0.1) is 19.3 Å². The number of anilines is 1. The highest BCUT2D eigenvalue weighted by Gasteiger charge is 2.49. The third kappa shape index (κ3) is 2.63. The molecule has 22 heavy (non-hydrogen) atoms. The molecule has 1 aromatic heterocycles. The summed E-state index contributed by atoms with van der Waals surface area (Å²) in [5.41, 5.74) is -0.591. The molecule has 0 radical (unpaired) electrons. The van der Waals surface area contributed by atoms with Gasteiger partial charge in [0.1, 0.15) is 4.88 Å². The highest BCUT2D eigenvalue weighted by atomic mass is 32.1. The van der Waals surface area contributed by atoms with Crippen molar-refractivity contribution in [3.05, 3.63) is 11.1 Å². The van der Waals surface area contributed by atoms with Crippen LogP contribution in [0.15, 0.2) is 6.20 Å². The predicted molar refractivity (Wildman–Crippen MR) is 78.8 cm³/mol. The molecule has 0 unspecified atom stereocenters. The van der Waals surface area contributed by atoms with Crippen LogP contribution >= 0.6 is 11.3 Å². The molecule has 9 heteroatoms. The number of hydrogen-bond donors (Lipinski definition) is 1. The average Bonchev–Trinajstić information content (AvgIpc) is 3.11. The number of carbonyl (C=O) groups is 3. The average molecular weight is 324 g/mol. The lowest BCUT2D eigenvalue weighted by molar-refractivity contribution is -0.114. The molecular weight excluding hydrogens is 308 g/mol. The van der Waals surface area contributed by atoms with Gasteiger partial charge in [-0.15, -0.1) is 0 Å². The zero-order chi connectivity index (χ0) is 15.9. The summed E-state index contributed by atoms with van der Waals surface area (Å²) in [5.74, 6) is -0.383. The lowest BCUT2D eigenvalue weighted by atomic mass is 10.0. The van der Waals surface area contributed by atoms with E-state index in [1.807, 2.05) is 0 Å². The van der Waals surface area contributed by atoms with Gasteiger partial charge in [-0.25, -0.2) is 9.78 Å². The minimum atomic E-state index is -0.591. The first-order chi connectivity index (χ1) is 10.4. The summed E-state index contributed by atoms with van der Waals surface area (Å²) >= 11 is 1.14. The molecule has 118 valence electrons. The van der Waals surface area contributed by atoms with Crippen molar-refractivity contribution in [1.29, 1.82) is 0 Å². The van der Waals surface area contributed by atoms with E-state index in [1.165, 1.54) is 18.0 Å². The summed E-state index contributed by atoms with van der Waals surface area (Å²) in [4.78, 5) is 42.7. The number of hydrogen-bond acceptors (Lipinski definition) is 6. The van der Waals surface area contributed by atoms with Crippen LogP contribution in [-0.4, -0.2) is 65.0 Å². The molecule has 2 aliphatic heterocycles. The first-order valence-electron chi connectivity index (χ1n) is 6.85. The van der Waals surface area contributed by atoms with Gasteiger partial charge < -0.3 is 19.9 Å². The van der Waals surface area contributed by atoms with Crippen LogP contribution in [0.2, 0.25) is 0 Å². The van der Waals surface area contributed by atoms with E-state index in [4.69, 9.17) is 4.74 Å². The molecule has 3 rings (SSSR count). The first-order valence-corrected chi connectivity index (χ1v) is 7.67. The number of nitrogens with zero attached hydrogens (tertiary/aromatic N) is 3. The Balaban J connectivity index is 1.68. The van der Waals surface area contributed by atoms with Crippen LogP contribution in [0.4, 0.5) is 9.93 Å². The van der Waals surface area contributed by atoms with E-state index in [0.29, 0.717) is 36.1 Å². The normalized spacial score (nSPS) is 24.0. The Hall–Kier alpha value is -2.16. The van der Waals surface area contributed by atoms with Crippen molar-refractivity contribution in [2.75, 3.05) is 32.0 Å². The topological polar surface area (TPSA) is 91.8 Å². The summed E-state index contributed by atoms with van der Waals surface area (Å²) in [6, 6.07) is 0. The molecule has 0 aromatic carbocycles. The molecule has 2 saturated heterocycles. The molecule has 2 fully saturated rings. The van der Waals surface area contributed by atoms with Crippen LogP contribution < -0.4 is 5.32 Å². The Labute approximate surface area is 131 Å². The lowest BCUT2D eigenvalue weighted by Gasteiger charge is -2.21. The molecule has 0 saturated carbocycles. The second-order valence-electron chi connectivity index (χ2n) is 5.59. The monoisotopic (exact) mass is 324 g/mol. The molecule has 2 aliphatic rings. The maximum atomic E-state index is 12.5. The summed E-state index contributed by atoms with van der Waals surface area (Å²) in [5, 5.41) is 2.95. The highest BCUT2D eigenvalue weighted by Crippen LogP contribution is 2.33. The number of nitrogens with one attached hydrogen (secondary N) is 1. The SMILES string of the molecule is CC(=O)Nc1ncc(C(=O)N2CC[C@]3(CN(C)C(=O)O3)C2)s1. The molecule has 0 aliphatic carbocycles. The van der Waals surface area contributed by atoms with Crippen LogP contribution in [-0.2, 0) is 9.53 Å². The smallest absolute Gasteiger partial charge is 0.410 e. The molecule has 1 atom stereocenters. The maximum Gasteiger partial charge on any atom is 0.410 e. The largest absolute Gasteiger partial charge is 0.439 e. The number of amides is 3. The first kappa shape index (κ1) is 14.8. The number of likely N-dealkylation sites (N-methyl/N-ethyl adjacent to an activating group) is 1. The Morgan fingerprint density at radius 3 is 2.86 bits per heavy atom. The standard InChI is InChI=1S/C13H16N4O4S/c1-8(18)15-11-14-5-9(22-11)10(19)17-4-3-13(7-17)6-16(2)12(20)21-13/h5H,3-4,6-7H2,1-2H3,(H,14,15,18)/t13-/m0/s1. The Bertz CT molecular complexity index is 646. The third-order valence-corrected chi connectivity index (χ3v) is 4.64. The van der Waals surface area contributed by atoms with Crippen molar-refractivity contribution in [2.45, 2.75) is 18.9 Å². The van der Waals surface area contributed by atoms with Crippen molar-refractivity contribution in [1.82, 2.24) is 14.8 Å². The fourth-order valence-electron chi connectivity index (χ4n) is 2.76. The van der Waals surface area contributed by atoms with E-state index in [9.17, 15) is 14.4 Å². The van der Waals surface area contributed by atoms with Gasteiger partial charge in [-0.2, -0.15) is 0 Å². The van der Waals surface area contributed by atoms with Crippen molar-refractivity contribution in [3.63, 3.8) is 0 Å². The van der Waals surface area contributed by atoms with Crippen LogP contribution in [0.1, 0.15) is 23.0 Å². The Kier molecular flexibility index (Phi) is 3.51. The number of carbonyl (C=O) groups excluding carboxylic acids is 3. The number of aromatic nitrogens is 1. The third-order valence-electron chi connectivity index (χ3n) is 3.74. The summed E-state index contributed by atoms with van der Waals surface area (Å²) in [7, 11) is 1.68. The minimum Gasteiger partial charge on any atom is -0.439 e. The molecule has 3 heterocycles. The van der Waals surface area contributed by atoms with Crippen molar-refractivity contribution >= 4 is 34.4 Å². The van der Waals surface area contributed by atoms with Gasteiger partial charge in [-0.3, -0.25) is 9.59 Å². The van der Waals surface area contributed by atoms with E-state index in [1.54, 1.807) is 11.9 Å². The van der Waals surface area contributed by atoms with Crippen LogP contribution in [0.3, 0.4) is 0 Å². The number of rotatable bonds is 2. The molecule has 1 spiro atoms. The van der Waals surface area contributed by atoms with Crippen LogP contribution in [0.25, 0.3) is 0 Å².